The molecular weight excluding hydrogens is 713 g/mol. The number of fused-ring (bicyclic) bond motifs is 1. The molecule has 5 rings (SSSR count). The molecule has 0 atom stereocenters. The Hall–Kier alpha value is -4.98. The highest BCUT2D eigenvalue weighted by molar-refractivity contribution is 7.22. The third kappa shape index (κ3) is 15.2. The summed E-state index contributed by atoms with van der Waals surface area (Å²) in [5.74, 6) is -5.38. The number of unbranched alkanes of at least 4 members (excludes halogenated alkanes) is 2. The van der Waals surface area contributed by atoms with Crippen molar-refractivity contribution in [2.24, 2.45) is 0 Å². The molecule has 1 aromatic heterocycles. The van der Waals surface area contributed by atoms with Crippen molar-refractivity contribution in [3.8, 4) is 21.9 Å². The van der Waals surface area contributed by atoms with Crippen molar-refractivity contribution < 1.29 is 49.1 Å². The van der Waals surface area contributed by atoms with Gasteiger partial charge in [-0.15, -0.1) is 11.3 Å². The lowest BCUT2D eigenvalue weighted by atomic mass is 9.99. The van der Waals surface area contributed by atoms with Gasteiger partial charge in [0, 0.05) is 22.7 Å². The summed E-state index contributed by atoms with van der Waals surface area (Å²) in [5, 5.41) is 30.9. The topological polar surface area (TPSA) is 174 Å². The van der Waals surface area contributed by atoms with Gasteiger partial charge in [0.1, 0.15) is 24.7 Å². The SMILES string of the molecule is CCCCN(CCCC)CCOc1ccc(Cc2c(-c3ccc(OCCN4CCCC4)cc3)sc3ccccc23)cc1.O=C(O)C(=O)O.O=C(O)C(=O)O. The summed E-state index contributed by atoms with van der Waals surface area (Å²) >= 11 is 1.89. The Morgan fingerprint density at radius 3 is 1.74 bits per heavy atom. The lowest BCUT2D eigenvalue weighted by Gasteiger charge is -2.22. The highest BCUT2D eigenvalue weighted by Crippen LogP contribution is 2.40. The van der Waals surface area contributed by atoms with E-state index in [0.29, 0.717) is 0 Å². The van der Waals surface area contributed by atoms with Crippen LogP contribution in [0, 0.1) is 0 Å². The van der Waals surface area contributed by atoms with Gasteiger partial charge in [0.05, 0.1) is 0 Å². The van der Waals surface area contributed by atoms with Crippen molar-refractivity contribution >= 4 is 45.3 Å². The fraction of sp³-hybridized carbons (Fsp3) is 0.415. The van der Waals surface area contributed by atoms with Gasteiger partial charge >= 0.3 is 23.9 Å². The highest BCUT2D eigenvalue weighted by Gasteiger charge is 2.16. The van der Waals surface area contributed by atoms with Gasteiger partial charge < -0.3 is 29.9 Å². The molecule has 1 aliphatic heterocycles. The van der Waals surface area contributed by atoms with Crippen molar-refractivity contribution in [1.29, 1.82) is 0 Å². The van der Waals surface area contributed by atoms with Crippen LogP contribution < -0.4 is 9.47 Å². The van der Waals surface area contributed by atoms with Gasteiger partial charge in [-0.1, -0.05) is 57.0 Å². The number of likely N-dealkylation sites (tertiary alicyclic amines) is 1. The molecule has 3 aromatic carbocycles. The standard InChI is InChI=1S/C37H48N2O2S.2C2H2O4/c1-3-5-21-38(22-6-4-2)25-27-40-32-17-13-30(14-18-32)29-35-34-11-7-8-12-36(34)42-37(35)31-15-19-33(20-16-31)41-28-26-39-23-9-10-24-39;2*3-1(4)2(5)6/h7-8,11-20H,3-6,9-10,21-29H2,1-2H3;2*(H,3,4)(H,5,6). The minimum Gasteiger partial charge on any atom is -0.492 e. The predicted octanol–water partition coefficient (Wildman–Crippen LogP) is 7.23. The summed E-state index contributed by atoms with van der Waals surface area (Å²) in [6.45, 7) is 12.8. The minimum atomic E-state index is -1.82. The Bertz CT molecular complexity index is 1700. The zero-order chi connectivity index (χ0) is 39.3. The summed E-state index contributed by atoms with van der Waals surface area (Å²) < 4.78 is 13.6. The van der Waals surface area contributed by atoms with Crippen LogP contribution in [0.2, 0.25) is 0 Å². The first-order chi connectivity index (χ1) is 26.0. The summed E-state index contributed by atoms with van der Waals surface area (Å²) in [6.07, 6.45) is 8.54. The Morgan fingerprint density at radius 1 is 0.685 bits per heavy atom. The van der Waals surface area contributed by atoms with E-state index in [1.165, 1.54) is 96.4 Å². The molecule has 2 heterocycles. The van der Waals surface area contributed by atoms with Gasteiger partial charge in [-0.2, -0.15) is 0 Å². The highest BCUT2D eigenvalue weighted by atomic mass is 32.1. The molecule has 0 bridgehead atoms. The van der Waals surface area contributed by atoms with Crippen molar-refractivity contribution in [2.75, 3.05) is 52.5 Å². The molecule has 0 radical (unpaired) electrons. The van der Waals surface area contributed by atoms with Gasteiger partial charge in [0.2, 0.25) is 0 Å². The van der Waals surface area contributed by atoms with Crippen LogP contribution in [-0.2, 0) is 25.6 Å². The number of rotatable bonds is 17. The summed E-state index contributed by atoms with van der Waals surface area (Å²) in [5.41, 5.74) is 3.96. The molecule has 0 saturated carbocycles. The minimum absolute atomic E-state index is 0.740. The van der Waals surface area contributed by atoms with Crippen LogP contribution in [0.15, 0.2) is 72.8 Å². The number of thiophene rings is 1. The maximum atomic E-state index is 9.10. The first kappa shape index (κ1) is 43.4. The average Bonchev–Trinajstić information content (AvgIpc) is 3.82. The van der Waals surface area contributed by atoms with Crippen molar-refractivity contribution in [1.82, 2.24) is 9.80 Å². The van der Waals surface area contributed by atoms with E-state index < -0.39 is 23.9 Å². The Morgan fingerprint density at radius 2 is 1.20 bits per heavy atom. The first-order valence-electron chi connectivity index (χ1n) is 18.3. The van der Waals surface area contributed by atoms with Gasteiger partial charge in [-0.3, -0.25) is 9.80 Å². The Balaban J connectivity index is 0.000000566. The number of nitrogens with zero attached hydrogens (tertiary/aromatic N) is 2. The zero-order valence-corrected chi connectivity index (χ0v) is 31.9. The van der Waals surface area contributed by atoms with E-state index in [1.54, 1.807) is 0 Å². The van der Waals surface area contributed by atoms with Crippen molar-refractivity contribution in [2.45, 2.75) is 58.8 Å². The number of carbonyl (C=O) groups is 4. The molecule has 292 valence electrons. The number of aliphatic carboxylic acids is 4. The third-order valence-corrected chi connectivity index (χ3v) is 9.95. The molecule has 0 aliphatic carbocycles. The normalized spacial score (nSPS) is 12.4. The van der Waals surface area contributed by atoms with Gasteiger partial charge in [0.15, 0.2) is 0 Å². The van der Waals surface area contributed by atoms with E-state index in [0.717, 1.165) is 44.2 Å². The van der Waals surface area contributed by atoms with Crippen LogP contribution >= 0.6 is 11.3 Å². The van der Waals surface area contributed by atoms with E-state index in [-0.39, 0.29) is 0 Å². The molecule has 0 spiro atoms. The molecule has 0 unspecified atom stereocenters. The Kier molecular flexibility index (Phi) is 19.0. The molecule has 1 fully saturated rings. The maximum absolute atomic E-state index is 9.10. The van der Waals surface area contributed by atoms with Gasteiger partial charge in [-0.25, -0.2) is 19.2 Å². The van der Waals surface area contributed by atoms with Crippen molar-refractivity contribution in [3.63, 3.8) is 0 Å². The smallest absolute Gasteiger partial charge is 0.414 e. The summed E-state index contributed by atoms with van der Waals surface area (Å²) in [7, 11) is 0. The number of carboxylic acids is 4. The van der Waals surface area contributed by atoms with Crippen LogP contribution in [0.3, 0.4) is 0 Å². The van der Waals surface area contributed by atoms with Crippen LogP contribution in [0.25, 0.3) is 20.5 Å². The molecule has 1 saturated heterocycles. The number of hydrogen-bond acceptors (Lipinski definition) is 9. The number of carboxylic acid groups (broad SMARTS) is 4. The molecular formula is C41H52N2O10S. The molecule has 0 amide bonds. The van der Waals surface area contributed by atoms with E-state index >= 15 is 0 Å². The second-order valence-corrected chi connectivity index (χ2v) is 13.8. The van der Waals surface area contributed by atoms with E-state index in [4.69, 9.17) is 49.1 Å². The second-order valence-electron chi connectivity index (χ2n) is 12.8. The average molecular weight is 765 g/mol. The van der Waals surface area contributed by atoms with E-state index in [1.807, 2.05) is 11.3 Å². The summed E-state index contributed by atoms with van der Waals surface area (Å²) in [6, 6.07) is 26.2. The fourth-order valence-corrected chi connectivity index (χ4v) is 7.03. The number of ether oxygens (including phenoxy) is 2. The fourth-order valence-electron chi connectivity index (χ4n) is 5.81. The zero-order valence-electron chi connectivity index (χ0n) is 31.1. The van der Waals surface area contributed by atoms with Crippen LogP contribution in [-0.4, -0.2) is 107 Å². The number of hydrogen-bond donors (Lipinski definition) is 4. The van der Waals surface area contributed by atoms with Crippen LogP contribution in [0.5, 0.6) is 11.5 Å². The largest absolute Gasteiger partial charge is 0.492 e. The molecule has 54 heavy (non-hydrogen) atoms. The van der Waals surface area contributed by atoms with Gasteiger partial charge in [0.25, 0.3) is 0 Å². The maximum Gasteiger partial charge on any atom is 0.414 e. The van der Waals surface area contributed by atoms with Crippen LogP contribution in [0.1, 0.15) is 63.5 Å². The lowest BCUT2D eigenvalue weighted by Crippen LogP contribution is -2.30. The summed E-state index contributed by atoms with van der Waals surface area (Å²) in [4.78, 5) is 42.8. The Labute approximate surface area is 320 Å². The quantitative estimate of drug-likeness (QED) is 0.0796. The van der Waals surface area contributed by atoms with E-state index in [2.05, 4.69) is 96.4 Å². The lowest BCUT2D eigenvalue weighted by molar-refractivity contribution is -0.159. The first-order valence-corrected chi connectivity index (χ1v) is 19.2. The second kappa shape index (κ2) is 23.6. The predicted molar refractivity (Wildman–Crippen MR) is 210 cm³/mol. The van der Waals surface area contributed by atoms with Gasteiger partial charge in [-0.05, 0) is 123 Å². The molecule has 13 heteroatoms. The van der Waals surface area contributed by atoms with E-state index in [9.17, 15) is 0 Å². The van der Waals surface area contributed by atoms with Crippen molar-refractivity contribution in [3.05, 3.63) is 83.9 Å². The monoisotopic (exact) mass is 764 g/mol. The molecule has 4 aromatic rings. The number of benzene rings is 3. The third-order valence-electron chi connectivity index (χ3n) is 8.69. The molecule has 12 nitrogen and oxygen atoms in total. The van der Waals surface area contributed by atoms with Crippen LogP contribution in [0.4, 0.5) is 0 Å². The molecule has 4 N–H and O–H groups in total. The molecule has 1 aliphatic rings.